The fourth-order valence-electron chi connectivity index (χ4n) is 4.67. The van der Waals surface area contributed by atoms with Crippen molar-refractivity contribution in [1.82, 2.24) is 20.4 Å². The number of unbranched alkanes of at least 4 members (excludes halogenated alkanes) is 1. The first kappa shape index (κ1) is 26.2. The van der Waals surface area contributed by atoms with Gasteiger partial charge < -0.3 is 10.6 Å². The van der Waals surface area contributed by atoms with Crippen molar-refractivity contribution < 1.29 is 9.59 Å². The van der Waals surface area contributed by atoms with Gasteiger partial charge in [0.2, 0.25) is 0 Å². The van der Waals surface area contributed by atoms with Crippen molar-refractivity contribution in [2.75, 3.05) is 26.7 Å². The summed E-state index contributed by atoms with van der Waals surface area (Å²) < 4.78 is 0. The molecule has 0 saturated carbocycles. The Hall–Kier alpha value is -2.46. The zero-order valence-electron chi connectivity index (χ0n) is 19.9. The van der Waals surface area contributed by atoms with E-state index in [1.54, 1.807) is 31.3 Å². The Bertz CT molecular complexity index is 978. The number of hydrogen-bond acceptors (Lipinski definition) is 4. The molecular formula is C26H34IN5O2. The summed E-state index contributed by atoms with van der Waals surface area (Å²) in [6, 6.07) is 18.5. The van der Waals surface area contributed by atoms with Gasteiger partial charge in [0.25, 0.3) is 11.8 Å². The average molecular weight is 575 g/mol. The Labute approximate surface area is 219 Å². The molecule has 0 radical (unpaired) electrons. The third kappa shape index (κ3) is 6.15. The first-order chi connectivity index (χ1) is 16.1. The van der Waals surface area contributed by atoms with Crippen LogP contribution in [0, 0.1) is 0 Å². The lowest BCUT2D eigenvalue weighted by atomic mass is 10.1. The molecule has 0 spiro atoms. The van der Waals surface area contributed by atoms with Crippen LogP contribution in [0.2, 0.25) is 0 Å². The molecule has 0 aromatic heterocycles. The number of nitrogens with one attached hydrogen (secondary N) is 2. The number of amides is 2. The van der Waals surface area contributed by atoms with Crippen LogP contribution in [0.5, 0.6) is 0 Å². The minimum absolute atomic E-state index is 0. The molecule has 0 bridgehead atoms. The van der Waals surface area contributed by atoms with Gasteiger partial charge in [0.1, 0.15) is 0 Å². The number of carbonyl (C=O) groups is 2. The van der Waals surface area contributed by atoms with E-state index in [4.69, 9.17) is 0 Å². The largest absolute Gasteiger partial charge is 0.356 e. The zero-order valence-corrected chi connectivity index (χ0v) is 22.2. The number of likely N-dealkylation sites (tertiary alicyclic amines) is 1. The van der Waals surface area contributed by atoms with Crippen molar-refractivity contribution in [3.8, 4) is 0 Å². The van der Waals surface area contributed by atoms with Crippen LogP contribution in [-0.2, 0) is 6.54 Å². The number of nitrogens with zero attached hydrogens (tertiary/aromatic N) is 3. The summed E-state index contributed by atoms with van der Waals surface area (Å²) in [5.74, 6) is 0.433. The standard InChI is InChI=1S/C26H33N5O2.HI/c1-19-16-21(18-30(19)17-20-10-4-3-5-11-20)29-26(27-2)28-14-8-9-15-31-24(32)22-12-6-7-13-23(22)25(31)33;/h3-7,10-13,19,21H,8-9,14-18H2,1-2H3,(H2,27,28,29);1H. The van der Waals surface area contributed by atoms with Gasteiger partial charge in [0, 0.05) is 45.3 Å². The summed E-state index contributed by atoms with van der Waals surface area (Å²) in [5, 5.41) is 6.92. The van der Waals surface area contributed by atoms with Gasteiger partial charge in [0.15, 0.2) is 5.96 Å². The van der Waals surface area contributed by atoms with Crippen molar-refractivity contribution in [3.63, 3.8) is 0 Å². The molecule has 7 nitrogen and oxygen atoms in total. The Kier molecular flexibility index (Phi) is 9.46. The minimum atomic E-state index is -0.184. The van der Waals surface area contributed by atoms with Gasteiger partial charge in [-0.2, -0.15) is 0 Å². The first-order valence-corrected chi connectivity index (χ1v) is 11.8. The van der Waals surface area contributed by atoms with Crippen molar-refractivity contribution >= 4 is 41.8 Å². The average Bonchev–Trinajstić information content (AvgIpc) is 3.30. The number of imide groups is 1. The highest BCUT2D eigenvalue weighted by Crippen LogP contribution is 2.23. The van der Waals surface area contributed by atoms with Crippen molar-refractivity contribution in [2.24, 2.45) is 4.99 Å². The van der Waals surface area contributed by atoms with Crippen LogP contribution in [0.1, 0.15) is 52.5 Å². The van der Waals surface area contributed by atoms with Crippen LogP contribution in [0.25, 0.3) is 0 Å². The van der Waals surface area contributed by atoms with Crippen molar-refractivity contribution in [3.05, 3.63) is 71.3 Å². The third-order valence-corrected chi connectivity index (χ3v) is 6.48. The van der Waals surface area contributed by atoms with Gasteiger partial charge in [-0.05, 0) is 43.9 Å². The summed E-state index contributed by atoms with van der Waals surface area (Å²) in [6.45, 7) is 5.40. The number of aliphatic imine (C=N–C) groups is 1. The number of benzene rings is 2. The summed E-state index contributed by atoms with van der Waals surface area (Å²) in [5.41, 5.74) is 2.36. The Balaban J connectivity index is 0.00000324. The second kappa shape index (κ2) is 12.3. The molecule has 4 rings (SSSR count). The number of halogens is 1. The van der Waals surface area contributed by atoms with E-state index in [0.717, 1.165) is 44.9 Å². The summed E-state index contributed by atoms with van der Waals surface area (Å²) in [6.07, 6.45) is 2.67. The summed E-state index contributed by atoms with van der Waals surface area (Å²) in [7, 11) is 1.79. The number of carbonyl (C=O) groups excluding carboxylic acids is 2. The van der Waals surface area contributed by atoms with E-state index in [1.807, 2.05) is 0 Å². The number of rotatable bonds is 8. The zero-order chi connectivity index (χ0) is 23.2. The molecule has 2 N–H and O–H groups in total. The number of hydrogen-bond donors (Lipinski definition) is 2. The molecule has 182 valence electrons. The molecule has 0 aliphatic carbocycles. The van der Waals surface area contributed by atoms with Crippen LogP contribution in [-0.4, -0.2) is 66.3 Å². The van der Waals surface area contributed by atoms with Gasteiger partial charge in [0.05, 0.1) is 11.1 Å². The Morgan fingerprint density at radius 2 is 1.65 bits per heavy atom. The van der Waals surface area contributed by atoms with E-state index in [1.165, 1.54) is 10.5 Å². The summed E-state index contributed by atoms with van der Waals surface area (Å²) in [4.78, 5) is 33.1. The summed E-state index contributed by atoms with van der Waals surface area (Å²) >= 11 is 0. The first-order valence-electron chi connectivity index (χ1n) is 11.8. The molecule has 2 aromatic carbocycles. The molecule has 2 aliphatic heterocycles. The molecule has 2 aliphatic rings. The van der Waals surface area contributed by atoms with Crippen LogP contribution in [0.3, 0.4) is 0 Å². The van der Waals surface area contributed by atoms with E-state index >= 15 is 0 Å². The minimum Gasteiger partial charge on any atom is -0.356 e. The smallest absolute Gasteiger partial charge is 0.261 e. The highest BCUT2D eigenvalue weighted by Gasteiger charge is 2.34. The molecule has 2 aromatic rings. The predicted octanol–water partition coefficient (Wildman–Crippen LogP) is 3.51. The lowest BCUT2D eigenvalue weighted by Crippen LogP contribution is -2.44. The maximum Gasteiger partial charge on any atom is 0.261 e. The maximum atomic E-state index is 12.4. The van der Waals surface area contributed by atoms with Gasteiger partial charge >= 0.3 is 0 Å². The molecule has 8 heteroatoms. The number of guanidine groups is 1. The Morgan fingerprint density at radius 1 is 1.00 bits per heavy atom. The van der Waals surface area contributed by atoms with E-state index in [-0.39, 0.29) is 35.8 Å². The van der Waals surface area contributed by atoms with E-state index in [9.17, 15) is 9.59 Å². The molecule has 2 atom stereocenters. The number of fused-ring (bicyclic) bond motifs is 1. The molecule has 2 unspecified atom stereocenters. The maximum absolute atomic E-state index is 12.4. The lowest BCUT2D eigenvalue weighted by molar-refractivity contribution is 0.0652. The van der Waals surface area contributed by atoms with Gasteiger partial charge in [-0.3, -0.25) is 24.4 Å². The highest BCUT2D eigenvalue weighted by atomic mass is 127. The van der Waals surface area contributed by atoms with E-state index < -0.39 is 0 Å². The quantitative estimate of drug-likeness (QED) is 0.166. The van der Waals surface area contributed by atoms with Gasteiger partial charge in [-0.15, -0.1) is 24.0 Å². The second-order valence-corrected chi connectivity index (χ2v) is 8.85. The van der Waals surface area contributed by atoms with E-state index in [0.29, 0.717) is 29.8 Å². The molecule has 2 heterocycles. The fraction of sp³-hybridized carbons (Fsp3) is 0.423. The molecule has 2 amide bonds. The lowest BCUT2D eigenvalue weighted by Gasteiger charge is -2.21. The molecule has 1 fully saturated rings. The second-order valence-electron chi connectivity index (χ2n) is 8.85. The monoisotopic (exact) mass is 575 g/mol. The molecular weight excluding hydrogens is 541 g/mol. The Morgan fingerprint density at radius 3 is 2.29 bits per heavy atom. The molecule has 34 heavy (non-hydrogen) atoms. The van der Waals surface area contributed by atoms with Crippen LogP contribution in [0.15, 0.2) is 59.6 Å². The van der Waals surface area contributed by atoms with Crippen LogP contribution < -0.4 is 10.6 Å². The SMILES string of the molecule is CN=C(NCCCCN1C(=O)c2ccccc2C1=O)NC1CC(C)N(Cc2ccccc2)C1.I. The topological polar surface area (TPSA) is 77.0 Å². The van der Waals surface area contributed by atoms with Crippen LogP contribution in [0.4, 0.5) is 0 Å². The van der Waals surface area contributed by atoms with Crippen LogP contribution >= 0.6 is 24.0 Å². The van der Waals surface area contributed by atoms with E-state index in [2.05, 4.69) is 57.8 Å². The van der Waals surface area contributed by atoms with Crippen molar-refractivity contribution in [1.29, 1.82) is 0 Å². The fourth-order valence-corrected chi connectivity index (χ4v) is 4.67. The van der Waals surface area contributed by atoms with Gasteiger partial charge in [-0.1, -0.05) is 42.5 Å². The van der Waals surface area contributed by atoms with Gasteiger partial charge in [-0.25, -0.2) is 0 Å². The normalized spacial score (nSPS) is 20.3. The third-order valence-electron chi connectivity index (χ3n) is 6.48. The highest BCUT2D eigenvalue weighted by molar-refractivity contribution is 14.0. The molecule has 1 saturated heterocycles. The van der Waals surface area contributed by atoms with Crippen molar-refractivity contribution in [2.45, 2.75) is 44.8 Å². The predicted molar refractivity (Wildman–Crippen MR) is 146 cm³/mol.